The summed E-state index contributed by atoms with van der Waals surface area (Å²) in [6, 6.07) is 7.11. The molecule has 1 saturated heterocycles. The molecule has 0 bridgehead atoms. The van der Waals surface area contributed by atoms with Gasteiger partial charge in [0.25, 0.3) is 0 Å². The Morgan fingerprint density at radius 3 is 2.80 bits per heavy atom. The lowest BCUT2D eigenvalue weighted by Crippen LogP contribution is -2.51. The fourth-order valence-electron chi connectivity index (χ4n) is 3.32. The molecule has 134 valence electrons. The first-order valence-electron chi connectivity index (χ1n) is 8.61. The van der Waals surface area contributed by atoms with Gasteiger partial charge in [0.05, 0.1) is 24.2 Å². The standard InChI is InChI=1S/C18H24N4O3/c1-11(2)15(21-18(24)25-3)17(23)22-10-6-9-14(22)16-19-12-7-4-5-8-13(12)20-16/h4-5,7-8,11,14-15H,6,9-10H2,1-3H3,(H,19,20)(H,21,24). The van der Waals surface area contributed by atoms with E-state index in [1.54, 1.807) is 0 Å². The molecule has 2 atom stereocenters. The van der Waals surface area contributed by atoms with Crippen LogP contribution in [-0.2, 0) is 9.53 Å². The molecule has 2 N–H and O–H groups in total. The number of carbonyl (C=O) groups excluding carboxylic acids is 2. The Labute approximate surface area is 146 Å². The second-order valence-electron chi connectivity index (χ2n) is 6.69. The number of likely N-dealkylation sites (tertiary alicyclic amines) is 1. The normalized spacial score (nSPS) is 18.6. The first kappa shape index (κ1) is 17.3. The molecule has 0 saturated carbocycles. The van der Waals surface area contributed by atoms with Gasteiger partial charge in [-0.05, 0) is 30.9 Å². The lowest BCUT2D eigenvalue weighted by Gasteiger charge is -2.29. The first-order valence-corrected chi connectivity index (χ1v) is 8.61. The molecule has 7 heteroatoms. The van der Waals surface area contributed by atoms with Crippen molar-refractivity contribution in [2.45, 2.75) is 38.8 Å². The van der Waals surface area contributed by atoms with Crippen LogP contribution in [0.5, 0.6) is 0 Å². The average Bonchev–Trinajstić information content (AvgIpc) is 3.24. The fraction of sp³-hybridized carbons (Fsp3) is 0.500. The van der Waals surface area contributed by atoms with Gasteiger partial charge in [0.1, 0.15) is 11.9 Å². The Morgan fingerprint density at radius 2 is 2.12 bits per heavy atom. The van der Waals surface area contributed by atoms with Crippen LogP contribution >= 0.6 is 0 Å². The van der Waals surface area contributed by atoms with Gasteiger partial charge >= 0.3 is 6.09 Å². The van der Waals surface area contributed by atoms with Gasteiger partial charge in [0.2, 0.25) is 5.91 Å². The highest BCUT2D eigenvalue weighted by atomic mass is 16.5. The van der Waals surface area contributed by atoms with Crippen LogP contribution in [0.4, 0.5) is 4.79 Å². The zero-order chi connectivity index (χ0) is 18.0. The molecule has 2 heterocycles. The number of ether oxygens (including phenoxy) is 1. The van der Waals surface area contributed by atoms with Crippen LogP contribution in [0.15, 0.2) is 24.3 Å². The number of para-hydroxylation sites is 2. The Bertz CT molecular complexity index is 738. The Balaban J connectivity index is 1.84. The van der Waals surface area contributed by atoms with Gasteiger partial charge in [-0.3, -0.25) is 4.79 Å². The average molecular weight is 344 g/mol. The zero-order valence-electron chi connectivity index (χ0n) is 14.8. The molecule has 2 aromatic rings. The summed E-state index contributed by atoms with van der Waals surface area (Å²) in [7, 11) is 1.30. The lowest BCUT2D eigenvalue weighted by atomic mass is 10.0. The van der Waals surface area contributed by atoms with Gasteiger partial charge in [-0.2, -0.15) is 0 Å². The topological polar surface area (TPSA) is 87.3 Å². The molecule has 0 spiro atoms. The number of nitrogens with zero attached hydrogens (tertiary/aromatic N) is 2. The molecule has 7 nitrogen and oxygen atoms in total. The van der Waals surface area contributed by atoms with Gasteiger partial charge in [0.15, 0.2) is 0 Å². The number of carbonyl (C=O) groups is 2. The number of fused-ring (bicyclic) bond motifs is 1. The van der Waals surface area contributed by atoms with Gasteiger partial charge in [-0.15, -0.1) is 0 Å². The van der Waals surface area contributed by atoms with Crippen molar-refractivity contribution in [1.29, 1.82) is 0 Å². The molecule has 3 rings (SSSR count). The highest BCUT2D eigenvalue weighted by Gasteiger charge is 2.37. The van der Waals surface area contributed by atoms with Gasteiger partial charge in [0, 0.05) is 6.54 Å². The fourth-order valence-corrected chi connectivity index (χ4v) is 3.32. The van der Waals surface area contributed by atoms with Crippen molar-refractivity contribution in [3.8, 4) is 0 Å². The maximum Gasteiger partial charge on any atom is 0.407 e. The van der Waals surface area contributed by atoms with Crippen LogP contribution in [0.1, 0.15) is 38.6 Å². The first-order chi connectivity index (χ1) is 12.0. The second kappa shape index (κ2) is 7.13. The number of hydrogen-bond donors (Lipinski definition) is 2. The number of methoxy groups -OCH3 is 1. The van der Waals surface area contributed by atoms with Gasteiger partial charge in [-0.25, -0.2) is 9.78 Å². The van der Waals surface area contributed by atoms with Crippen molar-refractivity contribution in [3.05, 3.63) is 30.1 Å². The molecular formula is C18H24N4O3. The van der Waals surface area contributed by atoms with Crippen LogP contribution < -0.4 is 5.32 Å². The summed E-state index contributed by atoms with van der Waals surface area (Å²) in [5.41, 5.74) is 1.86. The third kappa shape index (κ3) is 3.45. The molecule has 1 aromatic heterocycles. The maximum absolute atomic E-state index is 13.1. The Kier molecular flexibility index (Phi) is 4.92. The molecule has 25 heavy (non-hydrogen) atoms. The number of aromatic amines is 1. The number of H-pyrrole nitrogens is 1. The van der Waals surface area contributed by atoms with E-state index >= 15 is 0 Å². The number of aromatic nitrogens is 2. The van der Waals surface area contributed by atoms with Crippen LogP contribution in [0.2, 0.25) is 0 Å². The van der Waals surface area contributed by atoms with E-state index in [0.29, 0.717) is 6.54 Å². The minimum atomic E-state index is -0.613. The van der Waals surface area contributed by atoms with Gasteiger partial charge < -0.3 is 19.9 Å². The third-order valence-corrected chi connectivity index (χ3v) is 4.65. The summed E-state index contributed by atoms with van der Waals surface area (Å²) in [6.07, 6.45) is 1.18. The van der Waals surface area contributed by atoms with Crippen molar-refractivity contribution in [1.82, 2.24) is 20.2 Å². The molecule has 2 unspecified atom stereocenters. The monoisotopic (exact) mass is 344 g/mol. The van der Waals surface area contributed by atoms with Crippen LogP contribution in [0.25, 0.3) is 11.0 Å². The summed E-state index contributed by atoms with van der Waals surface area (Å²) in [5.74, 6) is 0.666. The predicted molar refractivity (Wildman–Crippen MR) is 93.9 cm³/mol. The highest BCUT2D eigenvalue weighted by Crippen LogP contribution is 2.32. The van der Waals surface area contributed by atoms with E-state index in [2.05, 4.69) is 20.0 Å². The SMILES string of the molecule is COC(=O)NC(C(=O)N1CCCC1c1nc2ccccc2[nH]1)C(C)C. The summed E-state index contributed by atoms with van der Waals surface area (Å²) < 4.78 is 4.66. The van der Waals surface area contributed by atoms with Crippen molar-refractivity contribution in [2.75, 3.05) is 13.7 Å². The summed E-state index contributed by atoms with van der Waals surface area (Å²) in [4.78, 5) is 34.4. The molecule has 0 aliphatic carbocycles. The zero-order valence-corrected chi connectivity index (χ0v) is 14.8. The van der Waals surface area contributed by atoms with E-state index in [1.165, 1.54) is 7.11 Å². The number of amides is 2. The number of alkyl carbamates (subject to hydrolysis) is 1. The molecular weight excluding hydrogens is 320 g/mol. The molecule has 0 radical (unpaired) electrons. The Morgan fingerprint density at radius 1 is 1.36 bits per heavy atom. The van der Waals surface area contributed by atoms with E-state index in [0.717, 1.165) is 29.7 Å². The number of nitrogens with one attached hydrogen (secondary N) is 2. The molecule has 1 aliphatic heterocycles. The number of rotatable bonds is 4. The smallest absolute Gasteiger partial charge is 0.407 e. The van der Waals surface area contributed by atoms with E-state index < -0.39 is 12.1 Å². The van der Waals surface area contributed by atoms with Crippen molar-refractivity contribution >= 4 is 23.0 Å². The van der Waals surface area contributed by atoms with Crippen LogP contribution in [0, 0.1) is 5.92 Å². The molecule has 1 aromatic carbocycles. The summed E-state index contributed by atoms with van der Waals surface area (Å²) in [5, 5.41) is 2.66. The van der Waals surface area contributed by atoms with E-state index in [9.17, 15) is 9.59 Å². The summed E-state index contributed by atoms with van der Waals surface area (Å²) in [6.45, 7) is 4.47. The largest absolute Gasteiger partial charge is 0.453 e. The van der Waals surface area contributed by atoms with Crippen LogP contribution in [-0.4, -0.2) is 46.6 Å². The molecule has 1 aliphatic rings. The quantitative estimate of drug-likeness (QED) is 0.892. The Hall–Kier alpha value is -2.57. The number of benzene rings is 1. The highest BCUT2D eigenvalue weighted by molar-refractivity contribution is 5.86. The predicted octanol–water partition coefficient (Wildman–Crippen LogP) is 2.61. The van der Waals surface area contributed by atoms with E-state index in [4.69, 9.17) is 0 Å². The number of imidazole rings is 1. The third-order valence-electron chi connectivity index (χ3n) is 4.65. The minimum Gasteiger partial charge on any atom is -0.453 e. The van der Waals surface area contributed by atoms with Crippen molar-refractivity contribution in [2.24, 2.45) is 5.92 Å². The van der Waals surface area contributed by atoms with Gasteiger partial charge in [-0.1, -0.05) is 26.0 Å². The molecule has 1 fully saturated rings. The lowest BCUT2D eigenvalue weighted by molar-refractivity contribution is -0.135. The van der Waals surface area contributed by atoms with E-state index in [-0.39, 0.29) is 17.9 Å². The summed E-state index contributed by atoms with van der Waals surface area (Å²) >= 11 is 0. The van der Waals surface area contributed by atoms with Crippen molar-refractivity contribution < 1.29 is 14.3 Å². The van der Waals surface area contributed by atoms with E-state index in [1.807, 2.05) is 43.0 Å². The molecule has 2 amide bonds. The maximum atomic E-state index is 13.1. The minimum absolute atomic E-state index is 0.0384. The number of hydrogen-bond acceptors (Lipinski definition) is 4. The van der Waals surface area contributed by atoms with Crippen molar-refractivity contribution in [3.63, 3.8) is 0 Å². The van der Waals surface area contributed by atoms with Crippen LogP contribution in [0.3, 0.4) is 0 Å². The second-order valence-corrected chi connectivity index (χ2v) is 6.69.